The molecule has 1 aliphatic heterocycles. The Morgan fingerprint density at radius 2 is 1.54 bits per heavy atom. The number of amides is 1. The molecule has 1 N–H and O–H groups in total. The lowest BCUT2D eigenvalue weighted by atomic mass is 10.1. The molecule has 2 atom stereocenters. The van der Waals surface area contributed by atoms with Crippen molar-refractivity contribution in [2.24, 2.45) is 0 Å². The normalized spacial score (nSPS) is 19.6. The number of hydrogen-bond donors (Lipinski definition) is 1. The predicted octanol–water partition coefficient (Wildman–Crippen LogP) is 5.57. The molecule has 1 rings (SSSR count). The molecule has 1 saturated heterocycles. The van der Waals surface area contributed by atoms with Crippen molar-refractivity contribution >= 4 is 6.09 Å². The van der Waals surface area contributed by atoms with Gasteiger partial charge in [-0.05, 0) is 19.3 Å². The van der Waals surface area contributed by atoms with Gasteiger partial charge in [-0.25, -0.2) is 4.79 Å². The van der Waals surface area contributed by atoms with Gasteiger partial charge in [0.2, 0.25) is 0 Å². The quantitative estimate of drug-likeness (QED) is 0.361. The van der Waals surface area contributed by atoms with Crippen LogP contribution in [0.15, 0.2) is 0 Å². The molecule has 0 saturated carbocycles. The Bertz CT molecular complexity index is 338. The molecule has 5 nitrogen and oxygen atoms in total. The number of alkyl carbamates (subject to hydrolysis) is 1. The molecule has 0 bridgehead atoms. The number of unbranched alkanes of at least 4 members (excludes halogenated alkanes) is 10. The average Bonchev–Trinajstić information content (AvgIpc) is 3.09. The maximum atomic E-state index is 11.5. The van der Waals surface area contributed by atoms with E-state index in [4.69, 9.17) is 14.2 Å². The lowest BCUT2D eigenvalue weighted by Gasteiger charge is -2.12. The summed E-state index contributed by atoms with van der Waals surface area (Å²) in [7, 11) is 0. The monoisotopic (exact) mass is 371 g/mol. The molecule has 5 heteroatoms. The minimum Gasteiger partial charge on any atom is -0.447 e. The molecule has 154 valence electrons. The summed E-state index contributed by atoms with van der Waals surface area (Å²) in [4.78, 5) is 11.5. The van der Waals surface area contributed by atoms with Gasteiger partial charge in [-0.1, -0.05) is 78.1 Å². The summed E-state index contributed by atoms with van der Waals surface area (Å²) in [6.45, 7) is 5.81. The Morgan fingerprint density at radius 3 is 2.19 bits per heavy atom. The molecule has 1 aliphatic rings. The number of nitrogens with one attached hydrogen (secondary N) is 1. The first-order valence-electron chi connectivity index (χ1n) is 10.9. The van der Waals surface area contributed by atoms with E-state index in [-0.39, 0.29) is 25.1 Å². The van der Waals surface area contributed by atoms with E-state index in [0.29, 0.717) is 13.2 Å². The molecule has 0 aromatic carbocycles. The van der Waals surface area contributed by atoms with E-state index < -0.39 is 0 Å². The third-order valence-corrected chi connectivity index (χ3v) is 4.81. The number of carbonyl (C=O) groups excluding carboxylic acids is 1. The van der Waals surface area contributed by atoms with Crippen LogP contribution in [0.3, 0.4) is 0 Å². The number of ether oxygens (including phenoxy) is 3. The van der Waals surface area contributed by atoms with Crippen LogP contribution in [-0.4, -0.2) is 38.2 Å². The fourth-order valence-electron chi connectivity index (χ4n) is 3.13. The molecule has 1 fully saturated rings. The van der Waals surface area contributed by atoms with Crippen molar-refractivity contribution in [2.45, 2.75) is 110 Å². The molecule has 2 unspecified atom stereocenters. The van der Waals surface area contributed by atoms with E-state index in [0.717, 1.165) is 25.7 Å². The van der Waals surface area contributed by atoms with Crippen LogP contribution in [0, 0.1) is 0 Å². The molecular formula is C21H41NO4. The van der Waals surface area contributed by atoms with E-state index in [2.05, 4.69) is 19.2 Å². The maximum Gasteiger partial charge on any atom is 0.407 e. The minimum absolute atomic E-state index is 0.124. The fourth-order valence-corrected chi connectivity index (χ4v) is 3.13. The zero-order valence-corrected chi connectivity index (χ0v) is 17.1. The zero-order valence-electron chi connectivity index (χ0n) is 17.1. The lowest BCUT2D eigenvalue weighted by molar-refractivity contribution is -0.0709. The molecule has 1 heterocycles. The fraction of sp³-hybridized carbons (Fsp3) is 0.952. The summed E-state index contributed by atoms with van der Waals surface area (Å²) in [6, 6.07) is 0. The van der Waals surface area contributed by atoms with Gasteiger partial charge >= 0.3 is 6.09 Å². The van der Waals surface area contributed by atoms with Gasteiger partial charge in [-0.15, -0.1) is 0 Å². The minimum atomic E-state index is -0.361. The third kappa shape index (κ3) is 12.5. The largest absolute Gasteiger partial charge is 0.447 e. The second-order valence-electron chi connectivity index (χ2n) is 7.37. The number of carbonyl (C=O) groups is 1. The van der Waals surface area contributed by atoms with E-state index >= 15 is 0 Å². The molecule has 0 aromatic rings. The van der Waals surface area contributed by atoms with Crippen LogP contribution in [-0.2, 0) is 14.2 Å². The van der Waals surface area contributed by atoms with Crippen molar-refractivity contribution in [1.29, 1.82) is 0 Å². The van der Waals surface area contributed by atoms with Gasteiger partial charge in [0, 0.05) is 6.54 Å². The smallest absolute Gasteiger partial charge is 0.407 e. The van der Waals surface area contributed by atoms with Crippen LogP contribution in [0.25, 0.3) is 0 Å². The van der Waals surface area contributed by atoms with Gasteiger partial charge in [0.25, 0.3) is 0 Å². The molecule has 0 aromatic heterocycles. The van der Waals surface area contributed by atoms with Crippen molar-refractivity contribution in [3.05, 3.63) is 0 Å². The number of hydrogen-bond acceptors (Lipinski definition) is 4. The molecule has 26 heavy (non-hydrogen) atoms. The van der Waals surface area contributed by atoms with Crippen LogP contribution >= 0.6 is 0 Å². The van der Waals surface area contributed by atoms with Crippen molar-refractivity contribution in [3.63, 3.8) is 0 Å². The molecular weight excluding hydrogens is 330 g/mol. The van der Waals surface area contributed by atoms with E-state index in [1.807, 2.05) is 0 Å². The first-order chi connectivity index (χ1) is 12.8. The van der Waals surface area contributed by atoms with E-state index in [9.17, 15) is 4.79 Å². The van der Waals surface area contributed by atoms with Crippen LogP contribution in [0.2, 0.25) is 0 Å². The van der Waals surface area contributed by atoms with E-state index in [1.165, 1.54) is 57.8 Å². The highest BCUT2D eigenvalue weighted by molar-refractivity contribution is 5.67. The van der Waals surface area contributed by atoms with Crippen molar-refractivity contribution < 1.29 is 19.0 Å². The number of rotatable bonds is 16. The SMILES string of the molecule is CCCCCCCCCCCCC1OCC(COC(=O)NCCCC)O1. The van der Waals surface area contributed by atoms with Crippen molar-refractivity contribution in [1.82, 2.24) is 5.32 Å². The van der Waals surface area contributed by atoms with Gasteiger partial charge in [0.05, 0.1) is 6.61 Å². The lowest BCUT2D eigenvalue weighted by Crippen LogP contribution is -2.29. The highest BCUT2D eigenvalue weighted by Crippen LogP contribution is 2.18. The van der Waals surface area contributed by atoms with Gasteiger partial charge in [-0.2, -0.15) is 0 Å². The first kappa shape index (κ1) is 23.2. The second-order valence-corrected chi connectivity index (χ2v) is 7.37. The zero-order chi connectivity index (χ0) is 18.9. The van der Waals surface area contributed by atoms with Crippen LogP contribution in [0.4, 0.5) is 4.79 Å². The van der Waals surface area contributed by atoms with Crippen molar-refractivity contribution in [2.75, 3.05) is 19.8 Å². The first-order valence-corrected chi connectivity index (χ1v) is 10.9. The summed E-state index contributed by atoms with van der Waals surface area (Å²) in [5.41, 5.74) is 0. The Morgan fingerprint density at radius 1 is 0.923 bits per heavy atom. The molecule has 0 radical (unpaired) electrons. The van der Waals surface area contributed by atoms with Gasteiger partial charge in [0.15, 0.2) is 6.29 Å². The average molecular weight is 372 g/mol. The Kier molecular flexibility index (Phi) is 14.6. The predicted molar refractivity (Wildman–Crippen MR) is 105 cm³/mol. The van der Waals surface area contributed by atoms with Crippen LogP contribution in [0.1, 0.15) is 97.3 Å². The second kappa shape index (κ2) is 16.4. The van der Waals surface area contributed by atoms with Crippen LogP contribution in [0.5, 0.6) is 0 Å². The maximum absolute atomic E-state index is 11.5. The Hall–Kier alpha value is -0.810. The molecule has 0 aliphatic carbocycles. The Labute approximate surface area is 160 Å². The standard InChI is InChI=1S/C21H41NO4/c1-3-5-7-8-9-10-11-12-13-14-15-20-24-17-19(26-20)18-25-21(23)22-16-6-4-2/h19-20H,3-18H2,1-2H3,(H,22,23). The Balaban J connectivity index is 1.89. The highest BCUT2D eigenvalue weighted by atomic mass is 16.7. The summed E-state index contributed by atoms with van der Waals surface area (Å²) in [5, 5.41) is 2.73. The van der Waals surface area contributed by atoms with Gasteiger partial charge in [0.1, 0.15) is 12.7 Å². The summed E-state index contributed by atoms with van der Waals surface area (Å²) in [6.07, 6.45) is 15.7. The topological polar surface area (TPSA) is 56.8 Å². The summed E-state index contributed by atoms with van der Waals surface area (Å²) >= 11 is 0. The van der Waals surface area contributed by atoms with Crippen LogP contribution < -0.4 is 5.32 Å². The van der Waals surface area contributed by atoms with E-state index in [1.54, 1.807) is 0 Å². The van der Waals surface area contributed by atoms with Gasteiger partial charge in [-0.3, -0.25) is 0 Å². The molecule has 1 amide bonds. The third-order valence-electron chi connectivity index (χ3n) is 4.81. The van der Waals surface area contributed by atoms with Crippen molar-refractivity contribution in [3.8, 4) is 0 Å². The summed E-state index contributed by atoms with van der Waals surface area (Å²) in [5.74, 6) is 0. The highest BCUT2D eigenvalue weighted by Gasteiger charge is 2.26. The summed E-state index contributed by atoms with van der Waals surface area (Å²) < 4.78 is 16.6. The molecule has 0 spiro atoms. The van der Waals surface area contributed by atoms with Gasteiger partial charge < -0.3 is 19.5 Å².